The molecule has 0 atom stereocenters. The largest absolute Gasteiger partial charge is 0.465 e. The van der Waals surface area contributed by atoms with Gasteiger partial charge in [-0.3, -0.25) is 4.99 Å². The molecule has 4 nitrogen and oxygen atoms in total. The maximum absolute atomic E-state index is 11.6. The first-order valence-corrected chi connectivity index (χ1v) is 10.3. The molecule has 144 valence electrons. The van der Waals surface area contributed by atoms with Gasteiger partial charge in [0.2, 0.25) is 0 Å². The molecule has 1 amide bonds. The molecule has 4 heteroatoms. The summed E-state index contributed by atoms with van der Waals surface area (Å²) in [6.45, 7) is 4.19. The van der Waals surface area contributed by atoms with Crippen LogP contribution in [0.2, 0.25) is 0 Å². The van der Waals surface area contributed by atoms with Crippen molar-refractivity contribution in [3.8, 4) is 0 Å². The number of benzene rings is 1. The third kappa shape index (κ3) is 7.19. The van der Waals surface area contributed by atoms with Gasteiger partial charge in [0, 0.05) is 25.8 Å². The Morgan fingerprint density at radius 3 is 2.46 bits per heavy atom. The molecule has 0 saturated carbocycles. The molecule has 26 heavy (non-hydrogen) atoms. The number of amides is 1. The lowest BCUT2D eigenvalue weighted by Gasteiger charge is -2.20. The molecule has 0 radical (unpaired) electrons. The highest BCUT2D eigenvalue weighted by Gasteiger charge is 2.13. The van der Waals surface area contributed by atoms with Crippen LogP contribution in [0.4, 0.5) is 4.79 Å². The minimum Gasteiger partial charge on any atom is -0.465 e. The number of carboxylic acid groups (broad SMARTS) is 1. The first kappa shape index (κ1) is 20.5. The van der Waals surface area contributed by atoms with E-state index >= 15 is 0 Å². The zero-order chi connectivity index (χ0) is 18.6. The van der Waals surface area contributed by atoms with Crippen LogP contribution in [0.5, 0.6) is 0 Å². The number of carbonyl (C=O) groups is 1. The lowest BCUT2D eigenvalue weighted by atomic mass is 10.00. The minimum atomic E-state index is -0.816. The fourth-order valence-corrected chi connectivity index (χ4v) is 3.52. The fourth-order valence-electron chi connectivity index (χ4n) is 3.52. The van der Waals surface area contributed by atoms with Crippen molar-refractivity contribution in [2.24, 2.45) is 4.99 Å². The lowest BCUT2D eigenvalue weighted by molar-refractivity contribution is 0.141. The van der Waals surface area contributed by atoms with E-state index in [4.69, 9.17) is 0 Å². The Morgan fingerprint density at radius 1 is 1.08 bits per heavy atom. The van der Waals surface area contributed by atoms with Gasteiger partial charge in [-0.15, -0.1) is 0 Å². The van der Waals surface area contributed by atoms with Crippen molar-refractivity contribution in [1.82, 2.24) is 4.90 Å². The second kappa shape index (κ2) is 11.7. The topological polar surface area (TPSA) is 52.9 Å². The highest BCUT2D eigenvalue weighted by Crippen LogP contribution is 2.17. The number of rotatable bonds is 12. The Kier molecular flexibility index (Phi) is 9.22. The van der Waals surface area contributed by atoms with Gasteiger partial charge in [-0.1, -0.05) is 76.5 Å². The van der Waals surface area contributed by atoms with Crippen molar-refractivity contribution in [3.05, 3.63) is 34.9 Å². The monoisotopic (exact) mass is 358 g/mol. The fraction of sp³-hybridized carbons (Fsp3) is 0.636. The normalized spacial score (nSPS) is 12.8. The summed E-state index contributed by atoms with van der Waals surface area (Å²) in [5, 5.41) is 9.50. The molecule has 1 aromatic carbocycles. The van der Waals surface area contributed by atoms with Crippen molar-refractivity contribution < 1.29 is 9.90 Å². The van der Waals surface area contributed by atoms with E-state index < -0.39 is 6.09 Å². The van der Waals surface area contributed by atoms with Crippen molar-refractivity contribution in [3.63, 3.8) is 0 Å². The molecule has 1 aromatic rings. The number of hydrogen-bond acceptors (Lipinski definition) is 2. The van der Waals surface area contributed by atoms with Crippen LogP contribution in [0.1, 0.15) is 81.4 Å². The highest BCUT2D eigenvalue weighted by atomic mass is 16.4. The van der Waals surface area contributed by atoms with E-state index in [0.717, 1.165) is 31.4 Å². The molecule has 0 saturated heterocycles. The van der Waals surface area contributed by atoms with Crippen LogP contribution in [-0.4, -0.2) is 35.4 Å². The summed E-state index contributed by atoms with van der Waals surface area (Å²) in [5.74, 6) is 0. The highest BCUT2D eigenvalue weighted by molar-refractivity contribution is 5.83. The summed E-state index contributed by atoms with van der Waals surface area (Å²) in [7, 11) is 0. The summed E-state index contributed by atoms with van der Waals surface area (Å²) in [6.07, 6.45) is 13.3. The Bertz CT molecular complexity index is 584. The van der Waals surface area contributed by atoms with Crippen molar-refractivity contribution in [2.45, 2.75) is 77.7 Å². The van der Waals surface area contributed by atoms with Crippen LogP contribution in [0.25, 0.3) is 0 Å². The molecule has 0 unspecified atom stereocenters. The predicted octanol–water partition coefficient (Wildman–Crippen LogP) is 5.67. The van der Waals surface area contributed by atoms with Crippen molar-refractivity contribution in [2.75, 3.05) is 13.1 Å². The SMILES string of the molecule is CCCCCCCCCCCN(Cc1ccc2c(c1)CCN=C2)C(=O)O. The summed E-state index contributed by atoms with van der Waals surface area (Å²) in [6, 6.07) is 6.24. The molecule has 2 rings (SSSR count). The van der Waals surface area contributed by atoms with Gasteiger partial charge in [0.15, 0.2) is 0 Å². The van der Waals surface area contributed by atoms with E-state index in [0.29, 0.717) is 13.1 Å². The molecule has 1 aliphatic heterocycles. The summed E-state index contributed by atoms with van der Waals surface area (Å²) in [4.78, 5) is 17.4. The van der Waals surface area contributed by atoms with Gasteiger partial charge >= 0.3 is 6.09 Å². The molecule has 0 fully saturated rings. The van der Waals surface area contributed by atoms with Gasteiger partial charge in [-0.25, -0.2) is 4.79 Å². The third-order valence-electron chi connectivity index (χ3n) is 5.12. The maximum atomic E-state index is 11.6. The lowest BCUT2D eigenvalue weighted by Crippen LogP contribution is -2.30. The van der Waals surface area contributed by atoms with Crippen LogP contribution in [0, 0.1) is 0 Å². The first-order valence-electron chi connectivity index (χ1n) is 10.3. The van der Waals surface area contributed by atoms with E-state index in [1.54, 1.807) is 4.90 Å². The zero-order valence-electron chi connectivity index (χ0n) is 16.3. The molecule has 0 bridgehead atoms. The Labute approximate surface area is 158 Å². The second-order valence-corrected chi connectivity index (χ2v) is 7.35. The Hall–Kier alpha value is -1.84. The third-order valence-corrected chi connectivity index (χ3v) is 5.12. The Morgan fingerprint density at radius 2 is 1.77 bits per heavy atom. The van der Waals surface area contributed by atoms with Crippen LogP contribution < -0.4 is 0 Å². The number of unbranched alkanes of at least 4 members (excludes halogenated alkanes) is 8. The van der Waals surface area contributed by atoms with Gasteiger partial charge in [0.05, 0.1) is 0 Å². The number of nitrogens with zero attached hydrogens (tertiary/aromatic N) is 2. The van der Waals surface area contributed by atoms with Crippen LogP contribution >= 0.6 is 0 Å². The maximum Gasteiger partial charge on any atom is 0.407 e. The molecule has 1 aliphatic rings. The quantitative estimate of drug-likeness (QED) is 0.489. The molecule has 1 N–H and O–H groups in total. The van der Waals surface area contributed by atoms with Gasteiger partial charge in [-0.2, -0.15) is 0 Å². The van der Waals surface area contributed by atoms with E-state index in [2.05, 4.69) is 24.0 Å². The van der Waals surface area contributed by atoms with E-state index in [1.165, 1.54) is 56.1 Å². The van der Waals surface area contributed by atoms with Crippen LogP contribution in [0.3, 0.4) is 0 Å². The number of fused-ring (bicyclic) bond motifs is 1. The van der Waals surface area contributed by atoms with Crippen LogP contribution in [-0.2, 0) is 13.0 Å². The average molecular weight is 359 g/mol. The summed E-state index contributed by atoms with van der Waals surface area (Å²) >= 11 is 0. The molecule has 0 aliphatic carbocycles. The molecular formula is C22H34N2O2. The van der Waals surface area contributed by atoms with Gasteiger partial charge < -0.3 is 10.0 Å². The van der Waals surface area contributed by atoms with Gasteiger partial charge in [-0.05, 0) is 29.5 Å². The molecular weight excluding hydrogens is 324 g/mol. The number of hydrogen-bond donors (Lipinski definition) is 1. The molecule has 0 spiro atoms. The first-order chi connectivity index (χ1) is 12.7. The summed E-state index contributed by atoms with van der Waals surface area (Å²) in [5.41, 5.74) is 3.53. The van der Waals surface area contributed by atoms with Crippen molar-refractivity contribution >= 4 is 12.3 Å². The summed E-state index contributed by atoms with van der Waals surface area (Å²) < 4.78 is 0. The van der Waals surface area contributed by atoms with E-state index in [-0.39, 0.29) is 0 Å². The smallest absolute Gasteiger partial charge is 0.407 e. The number of aliphatic imine (C=N–C) groups is 1. The molecule has 0 aromatic heterocycles. The second-order valence-electron chi connectivity index (χ2n) is 7.35. The molecule has 1 heterocycles. The average Bonchev–Trinajstić information content (AvgIpc) is 2.65. The minimum absolute atomic E-state index is 0.483. The predicted molar refractivity (Wildman–Crippen MR) is 108 cm³/mol. The van der Waals surface area contributed by atoms with Crippen LogP contribution in [0.15, 0.2) is 23.2 Å². The van der Waals surface area contributed by atoms with E-state index in [1.807, 2.05) is 12.3 Å². The standard InChI is InChI=1S/C22H34N2O2/c1-2-3-4-5-6-7-8-9-10-15-24(22(25)26)18-19-11-12-21-17-23-14-13-20(21)16-19/h11-12,16-17H,2-10,13-15,18H2,1H3,(H,25,26). The van der Waals surface area contributed by atoms with Gasteiger partial charge in [0.25, 0.3) is 0 Å². The van der Waals surface area contributed by atoms with E-state index in [9.17, 15) is 9.90 Å². The van der Waals surface area contributed by atoms with Gasteiger partial charge in [0.1, 0.15) is 0 Å². The van der Waals surface area contributed by atoms with Crippen molar-refractivity contribution in [1.29, 1.82) is 0 Å². The Balaban J connectivity index is 1.69. The zero-order valence-corrected chi connectivity index (χ0v) is 16.3.